The molecule has 1 heterocycles. The summed E-state index contributed by atoms with van der Waals surface area (Å²) in [5.41, 5.74) is 0. The first-order valence-corrected chi connectivity index (χ1v) is 4.99. The van der Waals surface area contributed by atoms with Crippen molar-refractivity contribution in [3.8, 4) is 6.07 Å². The highest BCUT2D eigenvalue weighted by Crippen LogP contribution is 2.13. The third kappa shape index (κ3) is 3.35. The molecular weight excluding hydrogens is 180 g/mol. The molecule has 78 valence electrons. The second-order valence-corrected chi connectivity index (χ2v) is 3.69. The molecule has 2 unspecified atom stereocenters. The molecule has 1 rings (SSSR count). The first-order chi connectivity index (χ1) is 6.74. The Morgan fingerprint density at radius 1 is 1.79 bits per heavy atom. The van der Waals surface area contributed by atoms with Crippen LogP contribution in [0.5, 0.6) is 0 Å². The van der Waals surface area contributed by atoms with Gasteiger partial charge in [-0.3, -0.25) is 4.79 Å². The van der Waals surface area contributed by atoms with E-state index in [0.29, 0.717) is 13.0 Å². The predicted molar refractivity (Wildman–Crippen MR) is 51.4 cm³/mol. The van der Waals surface area contributed by atoms with Gasteiger partial charge in [-0.05, 0) is 19.8 Å². The molecule has 1 N–H and O–H groups in total. The molecule has 0 bridgehead atoms. The zero-order valence-electron chi connectivity index (χ0n) is 8.45. The van der Waals surface area contributed by atoms with Crippen LogP contribution in [0.4, 0.5) is 0 Å². The van der Waals surface area contributed by atoms with Gasteiger partial charge in [-0.25, -0.2) is 0 Å². The van der Waals surface area contributed by atoms with E-state index in [4.69, 9.17) is 10.00 Å². The van der Waals surface area contributed by atoms with Crippen LogP contribution in [0.25, 0.3) is 0 Å². The van der Waals surface area contributed by atoms with Gasteiger partial charge >= 0.3 is 0 Å². The lowest BCUT2D eigenvalue weighted by molar-refractivity contribution is -0.129. The molecule has 1 amide bonds. The van der Waals surface area contributed by atoms with Crippen LogP contribution >= 0.6 is 0 Å². The Morgan fingerprint density at radius 3 is 3.14 bits per heavy atom. The molecule has 0 spiro atoms. The van der Waals surface area contributed by atoms with Gasteiger partial charge in [0.15, 0.2) is 0 Å². The first-order valence-electron chi connectivity index (χ1n) is 4.99. The smallest absolute Gasteiger partial charge is 0.225 e. The molecule has 0 saturated carbocycles. The maximum Gasteiger partial charge on any atom is 0.225 e. The topological polar surface area (TPSA) is 62.1 Å². The van der Waals surface area contributed by atoms with Crippen molar-refractivity contribution in [2.24, 2.45) is 5.92 Å². The third-order valence-electron chi connectivity index (χ3n) is 2.32. The third-order valence-corrected chi connectivity index (χ3v) is 2.32. The summed E-state index contributed by atoms with van der Waals surface area (Å²) in [6.07, 6.45) is 2.20. The van der Waals surface area contributed by atoms with Crippen LogP contribution in [0.2, 0.25) is 0 Å². The van der Waals surface area contributed by atoms with Crippen LogP contribution in [0.3, 0.4) is 0 Å². The molecule has 1 saturated heterocycles. The summed E-state index contributed by atoms with van der Waals surface area (Å²) in [5, 5.41) is 11.2. The lowest BCUT2D eigenvalue weighted by Gasteiger charge is -2.22. The predicted octanol–water partition coefficient (Wildman–Crippen LogP) is 0.831. The molecule has 4 heteroatoms. The average molecular weight is 196 g/mol. The number of nitrogens with one attached hydrogen (secondary N) is 1. The van der Waals surface area contributed by atoms with Crippen molar-refractivity contribution in [3.05, 3.63) is 0 Å². The Hall–Kier alpha value is -1.08. The van der Waals surface area contributed by atoms with Crippen LogP contribution in [-0.2, 0) is 9.53 Å². The van der Waals surface area contributed by atoms with E-state index < -0.39 is 0 Å². The molecule has 0 aromatic rings. The minimum atomic E-state index is -0.0607. The van der Waals surface area contributed by atoms with Crippen molar-refractivity contribution in [1.29, 1.82) is 5.26 Å². The molecule has 1 aliphatic heterocycles. The molecule has 0 radical (unpaired) electrons. The lowest BCUT2D eigenvalue weighted by atomic mass is 10.0. The Bertz CT molecular complexity index is 229. The van der Waals surface area contributed by atoms with Crippen molar-refractivity contribution in [2.75, 3.05) is 13.2 Å². The summed E-state index contributed by atoms with van der Waals surface area (Å²) < 4.78 is 5.22. The van der Waals surface area contributed by atoms with E-state index >= 15 is 0 Å². The van der Waals surface area contributed by atoms with Gasteiger partial charge in [-0.15, -0.1) is 0 Å². The molecule has 1 fully saturated rings. The summed E-state index contributed by atoms with van der Waals surface area (Å²) >= 11 is 0. The highest BCUT2D eigenvalue weighted by Gasteiger charge is 2.22. The monoisotopic (exact) mass is 196 g/mol. The van der Waals surface area contributed by atoms with Crippen LogP contribution in [-0.4, -0.2) is 25.2 Å². The zero-order chi connectivity index (χ0) is 10.4. The van der Waals surface area contributed by atoms with Gasteiger partial charge in [0, 0.05) is 12.6 Å². The standard InChI is InChI=1S/C10H16N2O2/c1-8(4-5-11)12-10(13)9-3-2-6-14-7-9/h8-9H,2-4,6-7H2,1H3,(H,12,13). The molecule has 0 aliphatic carbocycles. The molecule has 4 nitrogen and oxygen atoms in total. The number of carbonyl (C=O) groups is 1. The highest BCUT2D eigenvalue weighted by molar-refractivity contribution is 5.79. The Morgan fingerprint density at radius 2 is 2.57 bits per heavy atom. The van der Waals surface area contributed by atoms with Crippen molar-refractivity contribution in [3.63, 3.8) is 0 Å². The van der Waals surface area contributed by atoms with Gasteiger partial charge in [0.2, 0.25) is 5.91 Å². The summed E-state index contributed by atoms with van der Waals surface area (Å²) in [4.78, 5) is 11.6. The summed E-state index contributed by atoms with van der Waals surface area (Å²) in [7, 11) is 0. The molecule has 1 aliphatic rings. The van der Waals surface area contributed by atoms with E-state index in [-0.39, 0.29) is 17.9 Å². The van der Waals surface area contributed by atoms with Crippen LogP contribution in [0.15, 0.2) is 0 Å². The SMILES string of the molecule is CC(CC#N)NC(=O)C1CCCOC1. The minimum absolute atomic E-state index is 0.0208. The summed E-state index contributed by atoms with van der Waals surface area (Å²) in [5.74, 6) is -0.00246. The number of hydrogen-bond acceptors (Lipinski definition) is 3. The van der Waals surface area contributed by atoms with Gasteiger partial charge < -0.3 is 10.1 Å². The van der Waals surface area contributed by atoms with Gasteiger partial charge in [0.05, 0.1) is 25.0 Å². The van der Waals surface area contributed by atoms with Crippen LogP contribution in [0.1, 0.15) is 26.2 Å². The zero-order valence-corrected chi connectivity index (χ0v) is 8.45. The van der Waals surface area contributed by atoms with Crippen LogP contribution < -0.4 is 5.32 Å². The summed E-state index contributed by atoms with van der Waals surface area (Å²) in [6.45, 7) is 3.12. The minimum Gasteiger partial charge on any atom is -0.381 e. The largest absolute Gasteiger partial charge is 0.381 e. The number of rotatable bonds is 3. The van der Waals surface area contributed by atoms with Crippen molar-refractivity contribution >= 4 is 5.91 Å². The molecule has 14 heavy (non-hydrogen) atoms. The fourth-order valence-corrected chi connectivity index (χ4v) is 1.50. The number of carbonyl (C=O) groups excluding carboxylic acids is 1. The normalized spacial score (nSPS) is 23.6. The van der Waals surface area contributed by atoms with E-state index in [1.165, 1.54) is 0 Å². The van der Waals surface area contributed by atoms with Gasteiger partial charge in [0.1, 0.15) is 0 Å². The van der Waals surface area contributed by atoms with E-state index in [0.717, 1.165) is 19.4 Å². The van der Waals surface area contributed by atoms with Gasteiger partial charge in [0.25, 0.3) is 0 Å². The van der Waals surface area contributed by atoms with Crippen molar-refractivity contribution in [2.45, 2.75) is 32.2 Å². The fraction of sp³-hybridized carbons (Fsp3) is 0.800. The average Bonchev–Trinajstić information content (AvgIpc) is 2.19. The summed E-state index contributed by atoms with van der Waals surface area (Å²) in [6, 6.07) is 1.97. The maximum atomic E-state index is 11.6. The maximum absolute atomic E-state index is 11.6. The van der Waals surface area contributed by atoms with E-state index in [1.54, 1.807) is 0 Å². The van der Waals surface area contributed by atoms with Crippen molar-refractivity contribution < 1.29 is 9.53 Å². The second kappa shape index (κ2) is 5.61. The molecule has 2 atom stereocenters. The number of nitrogens with zero attached hydrogens (tertiary/aromatic N) is 1. The van der Waals surface area contributed by atoms with E-state index in [1.807, 2.05) is 13.0 Å². The van der Waals surface area contributed by atoms with Gasteiger partial charge in [-0.2, -0.15) is 5.26 Å². The number of ether oxygens (including phenoxy) is 1. The molecular formula is C10H16N2O2. The Kier molecular flexibility index (Phi) is 4.41. The van der Waals surface area contributed by atoms with E-state index in [9.17, 15) is 4.79 Å². The Labute approximate surface area is 84.2 Å². The highest BCUT2D eigenvalue weighted by atomic mass is 16.5. The first kappa shape index (κ1) is 11.0. The van der Waals surface area contributed by atoms with Crippen LogP contribution in [0, 0.1) is 17.2 Å². The molecule has 0 aromatic carbocycles. The van der Waals surface area contributed by atoms with Crippen molar-refractivity contribution in [1.82, 2.24) is 5.32 Å². The number of nitriles is 1. The van der Waals surface area contributed by atoms with E-state index in [2.05, 4.69) is 5.32 Å². The van der Waals surface area contributed by atoms with Gasteiger partial charge in [-0.1, -0.05) is 0 Å². The number of amides is 1. The molecule has 0 aromatic heterocycles. The second-order valence-electron chi connectivity index (χ2n) is 3.69. The quantitative estimate of drug-likeness (QED) is 0.727. The lowest BCUT2D eigenvalue weighted by Crippen LogP contribution is -2.40. The fourth-order valence-electron chi connectivity index (χ4n) is 1.50. The Balaban J connectivity index is 2.30. The number of hydrogen-bond donors (Lipinski definition) is 1.